The minimum Gasteiger partial charge on any atom is -0.460 e. The smallest absolute Gasteiger partial charge is 0.325 e. The number of hydrogen-bond donors (Lipinski definition) is 2. The fourth-order valence-electron chi connectivity index (χ4n) is 7.00. The molecule has 2 aliphatic rings. The van der Waals surface area contributed by atoms with Gasteiger partial charge >= 0.3 is 5.97 Å². The Labute approximate surface area is 307 Å². The van der Waals surface area contributed by atoms with Crippen LogP contribution in [0.4, 0.5) is 0 Å². The molecule has 2 heterocycles. The number of carbonyl (C=O) groups excluding carboxylic acids is 6. The SMILES string of the molecule is CCC[C@@H]1OC(=O)CNC(=O)[C@H](Cc2ccccc2)N(C)C(=O)[C@@H]2CCCN2C(=O)[C@H](Cc2ccccc2)N(C)C(=O)[C@H](C(C)C)NC(=O)C1(C)C. The first-order chi connectivity index (χ1) is 24.7. The number of benzene rings is 2. The maximum atomic E-state index is 14.7. The lowest BCUT2D eigenvalue weighted by molar-refractivity contribution is -0.160. The summed E-state index contributed by atoms with van der Waals surface area (Å²) < 4.78 is 5.85. The average molecular weight is 718 g/mol. The molecule has 4 rings (SSSR count). The van der Waals surface area contributed by atoms with E-state index in [9.17, 15) is 28.8 Å². The van der Waals surface area contributed by atoms with Crippen molar-refractivity contribution in [3.05, 3.63) is 71.8 Å². The van der Waals surface area contributed by atoms with Gasteiger partial charge in [0.15, 0.2) is 0 Å². The van der Waals surface area contributed by atoms with Gasteiger partial charge in [-0.15, -0.1) is 0 Å². The molecule has 5 amide bonds. The highest BCUT2D eigenvalue weighted by Crippen LogP contribution is 2.29. The third kappa shape index (κ3) is 9.37. The summed E-state index contributed by atoms with van der Waals surface area (Å²) in [5.41, 5.74) is 0.379. The van der Waals surface area contributed by atoms with Crippen molar-refractivity contribution >= 4 is 35.5 Å². The maximum Gasteiger partial charge on any atom is 0.325 e. The summed E-state index contributed by atoms with van der Waals surface area (Å²) in [6.07, 6.45) is 1.39. The van der Waals surface area contributed by atoms with E-state index in [4.69, 9.17) is 4.74 Å². The van der Waals surface area contributed by atoms with Gasteiger partial charge in [0.1, 0.15) is 36.8 Å². The van der Waals surface area contributed by atoms with E-state index in [1.807, 2.05) is 81.4 Å². The summed E-state index contributed by atoms with van der Waals surface area (Å²) in [5, 5.41) is 5.59. The van der Waals surface area contributed by atoms with Crippen molar-refractivity contribution < 1.29 is 33.5 Å². The number of cyclic esters (lactones) is 1. The highest BCUT2D eigenvalue weighted by molar-refractivity contribution is 5.97. The van der Waals surface area contributed by atoms with E-state index in [0.29, 0.717) is 32.2 Å². The second kappa shape index (κ2) is 17.7. The lowest BCUT2D eigenvalue weighted by atomic mass is 9.82. The van der Waals surface area contributed by atoms with E-state index in [1.165, 1.54) is 14.7 Å². The number of ether oxygens (including phenoxy) is 1. The Morgan fingerprint density at radius 1 is 0.808 bits per heavy atom. The normalized spacial score (nSPS) is 25.5. The molecular weight excluding hydrogens is 662 g/mol. The predicted molar refractivity (Wildman–Crippen MR) is 196 cm³/mol. The van der Waals surface area contributed by atoms with Crippen LogP contribution >= 0.6 is 0 Å². The number of likely N-dealkylation sites (N-methyl/N-ethyl adjacent to an activating group) is 2. The Balaban J connectivity index is 1.80. The number of fused-ring (bicyclic) bond motifs is 1. The van der Waals surface area contributed by atoms with Crippen molar-refractivity contribution in [1.29, 1.82) is 0 Å². The van der Waals surface area contributed by atoms with Crippen LogP contribution in [-0.4, -0.2) is 108 Å². The van der Waals surface area contributed by atoms with Gasteiger partial charge in [-0.05, 0) is 50.2 Å². The topological polar surface area (TPSA) is 145 Å². The molecule has 282 valence electrons. The second-order valence-corrected chi connectivity index (χ2v) is 14.9. The van der Waals surface area contributed by atoms with E-state index in [0.717, 1.165) is 11.1 Å². The highest BCUT2D eigenvalue weighted by atomic mass is 16.5. The van der Waals surface area contributed by atoms with Crippen LogP contribution in [0.5, 0.6) is 0 Å². The first-order valence-corrected chi connectivity index (χ1v) is 18.4. The van der Waals surface area contributed by atoms with Gasteiger partial charge in [-0.25, -0.2) is 0 Å². The van der Waals surface area contributed by atoms with Crippen LogP contribution in [-0.2, 0) is 46.3 Å². The lowest BCUT2D eigenvalue weighted by Crippen LogP contribution is -2.60. The summed E-state index contributed by atoms with van der Waals surface area (Å²) in [6, 6.07) is 14.7. The number of amides is 5. The van der Waals surface area contributed by atoms with Gasteiger partial charge in [-0.1, -0.05) is 87.9 Å². The summed E-state index contributed by atoms with van der Waals surface area (Å²) in [5.74, 6) is -3.37. The summed E-state index contributed by atoms with van der Waals surface area (Å²) in [6.45, 7) is 8.69. The van der Waals surface area contributed by atoms with E-state index >= 15 is 0 Å². The average Bonchev–Trinajstić information content (AvgIpc) is 3.63. The predicted octanol–water partition coefficient (Wildman–Crippen LogP) is 3.13. The van der Waals surface area contributed by atoms with Crippen molar-refractivity contribution in [3.63, 3.8) is 0 Å². The number of nitrogens with one attached hydrogen (secondary N) is 2. The number of hydrogen-bond acceptors (Lipinski definition) is 7. The van der Waals surface area contributed by atoms with Crippen molar-refractivity contribution in [2.24, 2.45) is 11.3 Å². The van der Waals surface area contributed by atoms with Crippen LogP contribution in [0.25, 0.3) is 0 Å². The summed E-state index contributed by atoms with van der Waals surface area (Å²) in [4.78, 5) is 88.7. The molecule has 0 radical (unpaired) electrons. The van der Waals surface area contributed by atoms with Crippen LogP contribution in [0.15, 0.2) is 60.7 Å². The molecular formula is C40H55N5O7. The van der Waals surface area contributed by atoms with E-state index in [-0.39, 0.29) is 24.7 Å². The standard InChI is InChI=1S/C40H55N5O7/c1-8-16-32-40(4,5)39(51)42-34(26(2)3)38(50)44(7)31(24-28-19-13-10-14-20-28)37(49)45-22-15-21-29(45)36(48)43(6)30(23-27-17-11-9-12-18-27)35(47)41-25-33(46)52-32/h9-14,17-20,26,29-32,34H,8,15-16,21-25H2,1-7H3,(H,41,47)(H,42,51)/t29-,30-,31-,32-,34-/m0/s1. The monoisotopic (exact) mass is 717 g/mol. The molecule has 0 bridgehead atoms. The van der Waals surface area contributed by atoms with Crippen LogP contribution in [0.2, 0.25) is 0 Å². The Morgan fingerprint density at radius 3 is 1.92 bits per heavy atom. The molecule has 52 heavy (non-hydrogen) atoms. The van der Waals surface area contributed by atoms with Crippen molar-refractivity contribution in [3.8, 4) is 0 Å². The van der Waals surface area contributed by atoms with Crippen LogP contribution in [0.1, 0.15) is 71.4 Å². The van der Waals surface area contributed by atoms with Gasteiger partial charge in [0.2, 0.25) is 29.5 Å². The summed E-state index contributed by atoms with van der Waals surface area (Å²) >= 11 is 0. The molecule has 2 N–H and O–H groups in total. The van der Waals surface area contributed by atoms with Crippen molar-refractivity contribution in [2.75, 3.05) is 27.2 Å². The number of nitrogens with zero attached hydrogens (tertiary/aromatic N) is 3. The third-order valence-electron chi connectivity index (χ3n) is 10.4. The first-order valence-electron chi connectivity index (χ1n) is 18.4. The molecule has 12 heteroatoms. The molecule has 0 unspecified atom stereocenters. The zero-order valence-electron chi connectivity index (χ0n) is 31.6. The van der Waals surface area contributed by atoms with Gasteiger partial charge in [0, 0.05) is 33.5 Å². The molecule has 2 aliphatic heterocycles. The summed E-state index contributed by atoms with van der Waals surface area (Å²) in [7, 11) is 3.10. The molecule has 2 fully saturated rings. The fourth-order valence-corrected chi connectivity index (χ4v) is 7.00. The molecule has 0 aromatic heterocycles. The second-order valence-electron chi connectivity index (χ2n) is 14.9. The largest absolute Gasteiger partial charge is 0.460 e. The van der Waals surface area contributed by atoms with Gasteiger partial charge in [0.05, 0.1) is 5.41 Å². The molecule has 2 aromatic carbocycles. The molecule has 0 spiro atoms. The number of rotatable bonds is 7. The molecule has 0 saturated carbocycles. The van der Waals surface area contributed by atoms with E-state index in [2.05, 4.69) is 10.6 Å². The van der Waals surface area contributed by atoms with Gasteiger partial charge in [-0.2, -0.15) is 0 Å². The Hall–Kier alpha value is -4.74. The van der Waals surface area contributed by atoms with E-state index < -0.39 is 71.8 Å². The number of esters is 1. The molecule has 5 atom stereocenters. The molecule has 12 nitrogen and oxygen atoms in total. The Morgan fingerprint density at radius 2 is 1.37 bits per heavy atom. The maximum absolute atomic E-state index is 14.7. The molecule has 2 aromatic rings. The highest BCUT2D eigenvalue weighted by Gasteiger charge is 2.45. The van der Waals surface area contributed by atoms with Crippen LogP contribution < -0.4 is 10.6 Å². The molecule has 2 saturated heterocycles. The van der Waals surface area contributed by atoms with Crippen LogP contribution in [0, 0.1) is 11.3 Å². The van der Waals surface area contributed by atoms with Gasteiger partial charge in [-0.3, -0.25) is 28.8 Å². The quantitative estimate of drug-likeness (QED) is 0.419. The van der Waals surface area contributed by atoms with Gasteiger partial charge < -0.3 is 30.1 Å². The number of carbonyl (C=O) groups is 6. The zero-order chi connectivity index (χ0) is 38.2. The lowest BCUT2D eigenvalue weighted by Gasteiger charge is -2.38. The van der Waals surface area contributed by atoms with Crippen molar-refractivity contribution in [1.82, 2.24) is 25.3 Å². The Kier molecular flexibility index (Phi) is 13.6. The van der Waals surface area contributed by atoms with Crippen molar-refractivity contribution in [2.45, 2.75) is 103 Å². The first kappa shape index (κ1) is 40.0. The fraction of sp³-hybridized carbons (Fsp3) is 0.550. The minimum atomic E-state index is -1.25. The minimum absolute atomic E-state index is 0.167. The van der Waals surface area contributed by atoms with E-state index in [1.54, 1.807) is 27.9 Å². The Bertz CT molecular complexity index is 1580. The third-order valence-corrected chi connectivity index (χ3v) is 10.4. The molecule has 0 aliphatic carbocycles. The zero-order valence-corrected chi connectivity index (χ0v) is 31.6. The van der Waals surface area contributed by atoms with Crippen LogP contribution in [0.3, 0.4) is 0 Å². The van der Waals surface area contributed by atoms with Gasteiger partial charge in [0.25, 0.3) is 0 Å².